The normalized spacial score (nSPS) is 32.4. The fourth-order valence-corrected chi connectivity index (χ4v) is 5.97. The van der Waals surface area contributed by atoms with E-state index in [9.17, 15) is 13.2 Å². The second-order valence-corrected chi connectivity index (χ2v) is 9.41. The van der Waals surface area contributed by atoms with E-state index in [0.717, 1.165) is 36.2 Å². The zero-order valence-electron chi connectivity index (χ0n) is 17.0. The zero-order valence-corrected chi connectivity index (χ0v) is 17.0. The minimum Gasteiger partial charge on any atom is -0.429 e. The molecule has 0 aromatic heterocycles. The third-order valence-corrected chi connectivity index (χ3v) is 7.58. The summed E-state index contributed by atoms with van der Waals surface area (Å²) in [5, 5.41) is 0. The van der Waals surface area contributed by atoms with Crippen molar-refractivity contribution in [2.45, 2.75) is 96.0 Å². The van der Waals surface area contributed by atoms with Crippen molar-refractivity contribution in [2.24, 2.45) is 17.8 Å². The molecule has 3 aliphatic rings. The number of hydrogen-bond acceptors (Lipinski definition) is 1. The van der Waals surface area contributed by atoms with Gasteiger partial charge in [-0.25, -0.2) is 4.39 Å². The molecule has 0 saturated heterocycles. The van der Waals surface area contributed by atoms with Crippen molar-refractivity contribution in [1.29, 1.82) is 0 Å². The summed E-state index contributed by atoms with van der Waals surface area (Å²) in [6.45, 7) is 2.29. The second-order valence-electron chi connectivity index (χ2n) is 9.41. The summed E-state index contributed by atoms with van der Waals surface area (Å²) in [5.41, 5.74) is 1.59. The van der Waals surface area contributed by atoms with Crippen molar-refractivity contribution in [3.8, 4) is 5.75 Å². The van der Waals surface area contributed by atoms with Gasteiger partial charge in [0.15, 0.2) is 11.6 Å². The summed E-state index contributed by atoms with van der Waals surface area (Å²) in [5.74, 6) is 2.15. The van der Waals surface area contributed by atoms with E-state index in [0.29, 0.717) is 11.5 Å². The van der Waals surface area contributed by atoms with Gasteiger partial charge in [-0.05, 0) is 85.8 Å². The molecule has 1 aromatic rings. The molecule has 156 valence electrons. The fourth-order valence-electron chi connectivity index (χ4n) is 5.97. The van der Waals surface area contributed by atoms with Gasteiger partial charge in [-0.1, -0.05) is 38.7 Å². The van der Waals surface area contributed by atoms with Gasteiger partial charge < -0.3 is 4.74 Å². The first-order chi connectivity index (χ1) is 13.4. The predicted molar refractivity (Wildman–Crippen MR) is 105 cm³/mol. The highest BCUT2D eigenvalue weighted by molar-refractivity contribution is 5.41. The topological polar surface area (TPSA) is 9.23 Å². The van der Waals surface area contributed by atoms with Crippen LogP contribution in [0.1, 0.15) is 94.6 Å². The van der Waals surface area contributed by atoms with Gasteiger partial charge in [0.2, 0.25) is 0 Å². The standard InChI is InChI=1S/C24H33F3O/c1-2-3-16-4-6-17(7-5-16)18-8-10-19(11-9-18)21-14-20-12-13-24(26,27)28-23(20)22(25)15-21/h14-19H,2-13H2,1H3. The van der Waals surface area contributed by atoms with Gasteiger partial charge >= 0.3 is 6.11 Å². The van der Waals surface area contributed by atoms with Crippen LogP contribution < -0.4 is 4.74 Å². The number of fused-ring (bicyclic) bond motifs is 1. The highest BCUT2D eigenvalue weighted by Crippen LogP contribution is 2.46. The van der Waals surface area contributed by atoms with Crippen LogP contribution in [0.3, 0.4) is 0 Å². The van der Waals surface area contributed by atoms with Gasteiger partial charge in [-0.15, -0.1) is 0 Å². The maximum absolute atomic E-state index is 14.4. The first-order valence-electron chi connectivity index (χ1n) is 11.3. The third-order valence-electron chi connectivity index (χ3n) is 7.58. The van der Waals surface area contributed by atoms with Crippen molar-refractivity contribution in [3.05, 3.63) is 29.1 Å². The van der Waals surface area contributed by atoms with Crippen LogP contribution in [0.5, 0.6) is 5.75 Å². The Balaban J connectivity index is 1.35. The van der Waals surface area contributed by atoms with E-state index < -0.39 is 11.9 Å². The molecule has 4 rings (SSSR count). The predicted octanol–water partition coefficient (Wildman–Crippen LogP) is 7.62. The lowest BCUT2D eigenvalue weighted by Crippen LogP contribution is -2.30. The monoisotopic (exact) mass is 394 g/mol. The highest BCUT2D eigenvalue weighted by atomic mass is 19.3. The van der Waals surface area contributed by atoms with Crippen LogP contribution in [-0.4, -0.2) is 6.11 Å². The summed E-state index contributed by atoms with van der Waals surface area (Å²) >= 11 is 0. The average molecular weight is 395 g/mol. The van der Waals surface area contributed by atoms with Crippen LogP contribution in [0.15, 0.2) is 12.1 Å². The number of alkyl halides is 2. The molecule has 0 spiro atoms. The first-order valence-corrected chi connectivity index (χ1v) is 11.3. The Hall–Kier alpha value is -1.19. The van der Waals surface area contributed by atoms with Gasteiger partial charge in [0, 0.05) is 0 Å². The molecule has 2 aliphatic carbocycles. The Kier molecular flexibility index (Phi) is 5.94. The van der Waals surface area contributed by atoms with Crippen LogP contribution in [0.4, 0.5) is 13.2 Å². The molecule has 2 saturated carbocycles. The van der Waals surface area contributed by atoms with Gasteiger partial charge in [0.1, 0.15) is 0 Å². The van der Waals surface area contributed by atoms with E-state index >= 15 is 0 Å². The maximum Gasteiger partial charge on any atom is 0.398 e. The molecule has 1 aromatic carbocycles. The first kappa shape index (κ1) is 20.1. The molecule has 0 N–H and O–H groups in total. The summed E-state index contributed by atoms with van der Waals surface area (Å²) in [6, 6.07) is 3.37. The Labute approximate surface area is 167 Å². The Bertz CT molecular complexity index is 671. The molecule has 0 amide bonds. The van der Waals surface area contributed by atoms with Gasteiger partial charge in [-0.2, -0.15) is 8.78 Å². The van der Waals surface area contributed by atoms with E-state index in [2.05, 4.69) is 11.7 Å². The molecule has 4 heteroatoms. The minimum absolute atomic E-state index is 0.184. The average Bonchev–Trinajstić information content (AvgIpc) is 2.69. The Morgan fingerprint density at radius 1 is 0.964 bits per heavy atom. The smallest absolute Gasteiger partial charge is 0.398 e. The molecule has 0 atom stereocenters. The van der Waals surface area contributed by atoms with Crippen LogP contribution in [0.2, 0.25) is 0 Å². The number of benzene rings is 1. The van der Waals surface area contributed by atoms with Crippen LogP contribution in [-0.2, 0) is 6.42 Å². The molecule has 2 fully saturated rings. The minimum atomic E-state index is -3.25. The molecule has 1 heterocycles. The van der Waals surface area contributed by atoms with Crippen LogP contribution in [0.25, 0.3) is 0 Å². The van der Waals surface area contributed by atoms with E-state index in [1.807, 2.05) is 6.07 Å². The lowest BCUT2D eigenvalue weighted by atomic mass is 9.68. The Morgan fingerprint density at radius 2 is 1.61 bits per heavy atom. The number of ether oxygens (including phenoxy) is 1. The number of halogens is 3. The molecular weight excluding hydrogens is 361 g/mol. The zero-order chi connectivity index (χ0) is 19.7. The Morgan fingerprint density at radius 3 is 2.25 bits per heavy atom. The molecule has 28 heavy (non-hydrogen) atoms. The van der Waals surface area contributed by atoms with Crippen molar-refractivity contribution < 1.29 is 17.9 Å². The van der Waals surface area contributed by atoms with Gasteiger partial charge in [0.05, 0.1) is 6.42 Å². The SMILES string of the molecule is CCCC1CCC(C2CCC(c3cc(F)c4c(c3)CCC(F)(F)O4)CC2)CC1. The van der Waals surface area contributed by atoms with Crippen molar-refractivity contribution >= 4 is 0 Å². The van der Waals surface area contributed by atoms with E-state index in [1.54, 1.807) is 0 Å². The molecule has 0 radical (unpaired) electrons. The number of rotatable bonds is 4. The van der Waals surface area contributed by atoms with Crippen LogP contribution in [0, 0.1) is 23.6 Å². The number of hydrogen-bond donors (Lipinski definition) is 0. The molecule has 0 bridgehead atoms. The highest BCUT2D eigenvalue weighted by Gasteiger charge is 2.38. The van der Waals surface area contributed by atoms with Gasteiger partial charge in [0.25, 0.3) is 0 Å². The lowest BCUT2D eigenvalue weighted by molar-refractivity contribution is -0.188. The summed E-state index contributed by atoms with van der Waals surface area (Å²) < 4.78 is 45.9. The van der Waals surface area contributed by atoms with Crippen molar-refractivity contribution in [3.63, 3.8) is 0 Å². The van der Waals surface area contributed by atoms with Gasteiger partial charge in [-0.3, -0.25) is 0 Å². The van der Waals surface area contributed by atoms with Crippen molar-refractivity contribution in [1.82, 2.24) is 0 Å². The van der Waals surface area contributed by atoms with E-state index in [-0.39, 0.29) is 18.6 Å². The summed E-state index contributed by atoms with van der Waals surface area (Å²) in [6.07, 6.45) is 9.48. The third kappa shape index (κ3) is 4.36. The van der Waals surface area contributed by atoms with E-state index in [1.165, 1.54) is 57.4 Å². The van der Waals surface area contributed by atoms with E-state index in [4.69, 9.17) is 0 Å². The molecule has 1 aliphatic heterocycles. The molecular formula is C24H33F3O. The second kappa shape index (κ2) is 8.28. The molecule has 0 unspecified atom stereocenters. The fraction of sp³-hybridized carbons (Fsp3) is 0.750. The summed E-state index contributed by atoms with van der Waals surface area (Å²) in [4.78, 5) is 0. The molecule has 1 nitrogen and oxygen atoms in total. The van der Waals surface area contributed by atoms with Crippen molar-refractivity contribution in [2.75, 3.05) is 0 Å². The van der Waals surface area contributed by atoms with Crippen LogP contribution >= 0.6 is 0 Å². The lowest BCUT2D eigenvalue weighted by Gasteiger charge is -2.38. The summed E-state index contributed by atoms with van der Waals surface area (Å²) in [7, 11) is 0. The maximum atomic E-state index is 14.4. The number of aryl methyl sites for hydroxylation is 1. The quantitative estimate of drug-likeness (QED) is 0.510. The largest absolute Gasteiger partial charge is 0.429 e.